The van der Waals surface area contributed by atoms with E-state index in [4.69, 9.17) is 26.3 Å². The van der Waals surface area contributed by atoms with Crippen molar-refractivity contribution in [2.24, 2.45) is 0 Å². The summed E-state index contributed by atoms with van der Waals surface area (Å²) in [7, 11) is 1.56. The predicted octanol–water partition coefficient (Wildman–Crippen LogP) is 5.81. The van der Waals surface area contributed by atoms with Crippen molar-refractivity contribution in [2.45, 2.75) is 19.6 Å². The van der Waals surface area contributed by atoms with Crippen molar-refractivity contribution in [2.75, 3.05) is 13.7 Å². The van der Waals surface area contributed by atoms with E-state index >= 15 is 4.39 Å². The normalized spacial score (nSPS) is 11.0. The summed E-state index contributed by atoms with van der Waals surface area (Å²) in [6.07, 6.45) is 1.45. The minimum Gasteiger partial charge on any atom is -0.478 e. The molecule has 2 aromatic heterocycles. The van der Waals surface area contributed by atoms with E-state index in [0.29, 0.717) is 41.1 Å². The molecule has 0 aliphatic rings. The highest BCUT2D eigenvalue weighted by molar-refractivity contribution is 6.31. The summed E-state index contributed by atoms with van der Waals surface area (Å²) < 4.78 is 42.3. The van der Waals surface area contributed by atoms with Gasteiger partial charge in [-0.15, -0.1) is 0 Å². The molecule has 0 fully saturated rings. The van der Waals surface area contributed by atoms with Gasteiger partial charge in [0.25, 0.3) is 0 Å². The smallest absolute Gasteiger partial charge is 0.335 e. The molecule has 0 saturated heterocycles. The standard InChI is InChI=1S/C30H22ClF2N5O4/c1-41-9-8-38-26-12-20(30(39)40)6-7-25(26)36-27(38)13-18-4-5-19(11-24(18)33)28-35-15-22(31)29(37-28)42-16-21-3-2-17(14-34)10-23(21)32/h2-7,10-12,15H,8-9,13,16H2,1H3,(H,39,40). The lowest BCUT2D eigenvalue weighted by atomic mass is 10.1. The second-order valence-corrected chi connectivity index (χ2v) is 9.62. The molecule has 0 aliphatic carbocycles. The van der Waals surface area contributed by atoms with Crippen LogP contribution in [0.5, 0.6) is 5.88 Å². The van der Waals surface area contributed by atoms with E-state index < -0.39 is 17.6 Å². The Bertz CT molecular complexity index is 1850. The van der Waals surface area contributed by atoms with Gasteiger partial charge in [0.15, 0.2) is 5.82 Å². The number of hydrogen-bond donors (Lipinski definition) is 1. The minimum absolute atomic E-state index is 0.0116. The van der Waals surface area contributed by atoms with Crippen LogP contribution in [0.3, 0.4) is 0 Å². The third-order valence-corrected chi connectivity index (χ3v) is 6.77. The maximum absolute atomic E-state index is 15.4. The average molecular weight is 590 g/mol. The number of carboxylic acids is 1. The number of rotatable bonds is 10. The molecule has 9 nitrogen and oxygen atoms in total. The Hall–Kier alpha value is -4.92. The molecule has 42 heavy (non-hydrogen) atoms. The van der Waals surface area contributed by atoms with Crippen LogP contribution in [0.1, 0.15) is 32.9 Å². The summed E-state index contributed by atoms with van der Waals surface area (Å²) >= 11 is 6.18. The summed E-state index contributed by atoms with van der Waals surface area (Å²) in [4.78, 5) is 24.6. The van der Waals surface area contributed by atoms with Gasteiger partial charge in [0.05, 0.1) is 41.0 Å². The fourth-order valence-corrected chi connectivity index (χ4v) is 4.49. The Labute approximate surface area is 243 Å². The second kappa shape index (κ2) is 12.3. The third kappa shape index (κ3) is 6.05. The van der Waals surface area contributed by atoms with E-state index in [1.165, 1.54) is 36.5 Å². The van der Waals surface area contributed by atoms with Crippen molar-refractivity contribution in [3.8, 4) is 23.3 Å². The molecule has 5 aromatic rings. The molecule has 3 aromatic carbocycles. The quantitative estimate of drug-likeness (QED) is 0.216. The third-order valence-electron chi connectivity index (χ3n) is 6.51. The van der Waals surface area contributed by atoms with Gasteiger partial charge in [-0.3, -0.25) is 0 Å². The Kier molecular flexibility index (Phi) is 8.38. The SMILES string of the molecule is COCCn1c(Cc2ccc(-c3ncc(Cl)c(OCc4ccc(C#N)cc4F)n3)cc2F)nc2ccc(C(=O)O)cc21. The Balaban J connectivity index is 1.39. The summed E-state index contributed by atoms with van der Waals surface area (Å²) in [5.74, 6) is -1.50. The molecule has 5 rings (SSSR count). The molecular formula is C30H22ClF2N5O4. The van der Waals surface area contributed by atoms with Gasteiger partial charge in [-0.2, -0.15) is 10.2 Å². The molecule has 0 aliphatic heterocycles. The van der Waals surface area contributed by atoms with Crippen LogP contribution >= 0.6 is 11.6 Å². The number of halogens is 3. The van der Waals surface area contributed by atoms with Gasteiger partial charge in [-0.25, -0.2) is 23.5 Å². The topological polar surface area (TPSA) is 123 Å². The number of hydrogen-bond acceptors (Lipinski definition) is 7. The summed E-state index contributed by atoms with van der Waals surface area (Å²) in [6, 6.07) is 15.0. The molecule has 12 heteroatoms. The zero-order chi connectivity index (χ0) is 29.8. The van der Waals surface area contributed by atoms with Crippen molar-refractivity contribution in [3.05, 3.63) is 106 Å². The summed E-state index contributed by atoms with van der Waals surface area (Å²) in [5.41, 5.74) is 2.43. The van der Waals surface area contributed by atoms with Gasteiger partial charge in [0.2, 0.25) is 5.88 Å². The van der Waals surface area contributed by atoms with Crippen molar-refractivity contribution in [3.63, 3.8) is 0 Å². The molecule has 1 N–H and O–H groups in total. The monoisotopic (exact) mass is 589 g/mol. The number of aromatic carboxylic acids is 1. The number of nitriles is 1. The maximum atomic E-state index is 15.4. The van der Waals surface area contributed by atoms with Crippen LogP contribution in [0.2, 0.25) is 5.02 Å². The highest BCUT2D eigenvalue weighted by Gasteiger charge is 2.17. The molecule has 2 heterocycles. The number of fused-ring (bicyclic) bond motifs is 1. The van der Waals surface area contributed by atoms with Crippen LogP contribution in [-0.2, 0) is 24.3 Å². The van der Waals surface area contributed by atoms with Gasteiger partial charge in [0, 0.05) is 31.2 Å². The number of carbonyl (C=O) groups is 1. The summed E-state index contributed by atoms with van der Waals surface area (Å²) in [6.45, 7) is 0.561. The molecule has 0 spiro atoms. The number of benzene rings is 3. The first kappa shape index (κ1) is 28.6. The number of methoxy groups -OCH3 is 1. The zero-order valence-electron chi connectivity index (χ0n) is 22.1. The van der Waals surface area contributed by atoms with Gasteiger partial charge in [-0.1, -0.05) is 29.8 Å². The second-order valence-electron chi connectivity index (χ2n) is 9.22. The molecule has 0 bridgehead atoms. The van der Waals surface area contributed by atoms with Gasteiger partial charge < -0.3 is 19.1 Å². The fraction of sp³-hybridized carbons (Fsp3) is 0.167. The Morgan fingerprint density at radius 1 is 1.07 bits per heavy atom. The first-order valence-electron chi connectivity index (χ1n) is 12.6. The van der Waals surface area contributed by atoms with Gasteiger partial charge >= 0.3 is 5.97 Å². The lowest BCUT2D eigenvalue weighted by molar-refractivity contribution is 0.0697. The first-order valence-corrected chi connectivity index (χ1v) is 13.0. The van der Waals surface area contributed by atoms with E-state index in [-0.39, 0.29) is 46.4 Å². The van der Waals surface area contributed by atoms with Gasteiger partial charge in [-0.05, 0) is 42.0 Å². The molecule has 0 unspecified atom stereocenters. The highest BCUT2D eigenvalue weighted by atomic mass is 35.5. The van der Waals surface area contributed by atoms with Crippen molar-refractivity contribution in [1.82, 2.24) is 19.5 Å². The number of imidazole rings is 1. The Morgan fingerprint density at radius 3 is 2.57 bits per heavy atom. The number of carboxylic acid groups (broad SMARTS) is 1. The number of nitrogens with zero attached hydrogens (tertiary/aromatic N) is 5. The largest absolute Gasteiger partial charge is 0.478 e. The van der Waals surface area contributed by atoms with Gasteiger partial charge in [0.1, 0.15) is 29.1 Å². The van der Waals surface area contributed by atoms with E-state index in [1.54, 1.807) is 25.3 Å². The van der Waals surface area contributed by atoms with Crippen LogP contribution in [0, 0.1) is 23.0 Å². The molecule has 212 valence electrons. The van der Waals surface area contributed by atoms with E-state index in [0.717, 1.165) is 6.07 Å². The Morgan fingerprint density at radius 2 is 1.86 bits per heavy atom. The van der Waals surface area contributed by atoms with Crippen LogP contribution in [0.25, 0.3) is 22.4 Å². The fourth-order valence-electron chi connectivity index (χ4n) is 4.34. The highest BCUT2D eigenvalue weighted by Crippen LogP contribution is 2.28. The van der Waals surface area contributed by atoms with Crippen LogP contribution in [0.15, 0.2) is 60.8 Å². The molecule has 0 amide bonds. The molecule has 0 saturated carbocycles. The lowest BCUT2D eigenvalue weighted by Gasteiger charge is -2.11. The van der Waals surface area contributed by atoms with Crippen LogP contribution < -0.4 is 4.74 Å². The predicted molar refractivity (Wildman–Crippen MR) is 149 cm³/mol. The number of ether oxygens (including phenoxy) is 2. The van der Waals surface area contributed by atoms with Crippen LogP contribution in [-0.4, -0.2) is 44.3 Å². The lowest BCUT2D eigenvalue weighted by Crippen LogP contribution is -2.10. The molecule has 0 radical (unpaired) electrons. The van der Waals surface area contributed by atoms with E-state index in [9.17, 15) is 14.3 Å². The van der Waals surface area contributed by atoms with Crippen LogP contribution in [0.4, 0.5) is 8.78 Å². The molecule has 0 atom stereocenters. The zero-order valence-corrected chi connectivity index (χ0v) is 22.9. The number of aromatic nitrogens is 4. The molecular weight excluding hydrogens is 568 g/mol. The van der Waals surface area contributed by atoms with Crippen molar-refractivity contribution < 1.29 is 28.2 Å². The van der Waals surface area contributed by atoms with Crippen molar-refractivity contribution >= 4 is 28.6 Å². The average Bonchev–Trinajstić information content (AvgIpc) is 3.33. The maximum Gasteiger partial charge on any atom is 0.335 e. The van der Waals surface area contributed by atoms with E-state index in [2.05, 4.69) is 15.0 Å². The van der Waals surface area contributed by atoms with E-state index in [1.807, 2.05) is 10.6 Å². The minimum atomic E-state index is -1.06. The summed E-state index contributed by atoms with van der Waals surface area (Å²) in [5, 5.41) is 18.4. The van der Waals surface area contributed by atoms with Crippen molar-refractivity contribution in [1.29, 1.82) is 5.26 Å². The first-order chi connectivity index (χ1) is 20.3.